The second-order valence-electron chi connectivity index (χ2n) is 7.30. The fourth-order valence-corrected chi connectivity index (χ4v) is 3.23. The van der Waals surface area contributed by atoms with E-state index in [4.69, 9.17) is 10.5 Å². The van der Waals surface area contributed by atoms with E-state index in [-0.39, 0.29) is 6.10 Å². The van der Waals surface area contributed by atoms with Crippen LogP contribution in [-0.4, -0.2) is 21.9 Å². The molecule has 4 nitrogen and oxygen atoms in total. The van der Waals surface area contributed by atoms with Crippen molar-refractivity contribution in [2.45, 2.75) is 31.9 Å². The fraction of sp³-hybridized carbons (Fsp3) is 0.318. The molecule has 1 heterocycles. The summed E-state index contributed by atoms with van der Waals surface area (Å²) in [5, 5.41) is 4.29. The van der Waals surface area contributed by atoms with Gasteiger partial charge in [-0.1, -0.05) is 60.2 Å². The van der Waals surface area contributed by atoms with Crippen molar-refractivity contribution in [3.05, 3.63) is 89.2 Å². The molecular weight excluding hydrogens is 322 g/mol. The van der Waals surface area contributed by atoms with Crippen molar-refractivity contribution in [1.82, 2.24) is 9.78 Å². The topological polar surface area (TPSA) is 53.1 Å². The molecule has 26 heavy (non-hydrogen) atoms. The van der Waals surface area contributed by atoms with Crippen LogP contribution in [0.15, 0.2) is 66.9 Å². The molecule has 1 aromatic heterocycles. The molecule has 0 amide bonds. The summed E-state index contributed by atoms with van der Waals surface area (Å²) in [6.45, 7) is 4.59. The molecule has 0 aliphatic carbocycles. The Labute approximate surface area is 155 Å². The molecule has 3 rings (SSSR count). The first kappa shape index (κ1) is 18.4. The lowest BCUT2D eigenvalue weighted by Gasteiger charge is -2.28. The number of benzene rings is 2. The van der Waals surface area contributed by atoms with Gasteiger partial charge in [0, 0.05) is 18.8 Å². The third-order valence-electron chi connectivity index (χ3n) is 4.50. The van der Waals surface area contributed by atoms with Crippen molar-refractivity contribution in [3.63, 3.8) is 0 Å². The lowest BCUT2D eigenvalue weighted by atomic mass is 9.94. The molecule has 2 unspecified atom stereocenters. The summed E-state index contributed by atoms with van der Waals surface area (Å²) in [6.07, 6.45) is 2.37. The molecular formula is C22H27N3O. The second-order valence-corrected chi connectivity index (χ2v) is 7.30. The zero-order valence-corrected chi connectivity index (χ0v) is 15.7. The molecule has 2 atom stereocenters. The van der Waals surface area contributed by atoms with E-state index in [0.717, 1.165) is 17.7 Å². The first-order valence-corrected chi connectivity index (χ1v) is 8.93. The lowest BCUT2D eigenvalue weighted by Crippen LogP contribution is -2.44. The monoisotopic (exact) mass is 349 g/mol. The van der Waals surface area contributed by atoms with Crippen LogP contribution < -0.4 is 5.73 Å². The average molecular weight is 349 g/mol. The largest absolute Gasteiger partial charge is 0.365 e. The summed E-state index contributed by atoms with van der Waals surface area (Å²) in [7, 11) is 1.93. The lowest BCUT2D eigenvalue weighted by molar-refractivity contribution is 0.0413. The maximum atomic E-state index is 6.57. The molecule has 0 radical (unpaired) electrons. The van der Waals surface area contributed by atoms with Crippen LogP contribution in [0.2, 0.25) is 0 Å². The summed E-state index contributed by atoms with van der Waals surface area (Å²) in [5.74, 6) is 0. The number of rotatable bonds is 7. The third kappa shape index (κ3) is 4.59. The molecule has 0 spiro atoms. The van der Waals surface area contributed by atoms with Gasteiger partial charge in [-0.05, 0) is 37.5 Å². The van der Waals surface area contributed by atoms with Gasteiger partial charge in [-0.3, -0.25) is 4.68 Å². The molecule has 0 aliphatic rings. The summed E-state index contributed by atoms with van der Waals surface area (Å²) in [6, 6.07) is 20.7. The van der Waals surface area contributed by atoms with Crippen LogP contribution in [0.25, 0.3) is 0 Å². The summed E-state index contributed by atoms with van der Waals surface area (Å²) in [4.78, 5) is 0. The molecule has 3 aromatic rings. The smallest absolute Gasteiger partial charge is 0.124 e. The number of hydrogen-bond donors (Lipinski definition) is 1. The predicted molar refractivity (Wildman–Crippen MR) is 105 cm³/mol. The fourth-order valence-electron chi connectivity index (χ4n) is 3.23. The van der Waals surface area contributed by atoms with Crippen LogP contribution in [0.1, 0.15) is 35.4 Å². The van der Waals surface area contributed by atoms with Gasteiger partial charge in [0.05, 0.1) is 12.3 Å². The molecule has 136 valence electrons. The van der Waals surface area contributed by atoms with E-state index >= 15 is 0 Å². The SMILES string of the molecule is Cc1cccc(CC(C)(N)COC(c2ccccc2)c2ccnn2C)c1. The third-order valence-corrected chi connectivity index (χ3v) is 4.50. The summed E-state index contributed by atoms with van der Waals surface area (Å²) in [5.41, 5.74) is 10.7. The molecule has 4 heteroatoms. The van der Waals surface area contributed by atoms with Crippen LogP contribution in [0.3, 0.4) is 0 Å². The van der Waals surface area contributed by atoms with Gasteiger partial charge in [-0.15, -0.1) is 0 Å². The second kappa shape index (κ2) is 7.85. The number of nitrogens with two attached hydrogens (primary N) is 1. The molecule has 0 fully saturated rings. The molecule has 0 saturated heterocycles. The van der Waals surface area contributed by atoms with Crippen molar-refractivity contribution >= 4 is 0 Å². The zero-order valence-electron chi connectivity index (χ0n) is 15.7. The van der Waals surface area contributed by atoms with E-state index in [1.807, 2.05) is 42.9 Å². The number of aryl methyl sites for hydroxylation is 2. The number of ether oxygens (including phenoxy) is 1. The van der Waals surface area contributed by atoms with E-state index in [9.17, 15) is 0 Å². The van der Waals surface area contributed by atoms with E-state index in [1.54, 1.807) is 6.20 Å². The van der Waals surface area contributed by atoms with E-state index in [1.165, 1.54) is 11.1 Å². The maximum Gasteiger partial charge on any atom is 0.124 e. The van der Waals surface area contributed by atoms with Crippen LogP contribution in [0.4, 0.5) is 0 Å². The summed E-state index contributed by atoms with van der Waals surface area (Å²) >= 11 is 0. The Kier molecular flexibility index (Phi) is 5.55. The van der Waals surface area contributed by atoms with Gasteiger partial charge in [0.25, 0.3) is 0 Å². The van der Waals surface area contributed by atoms with Gasteiger partial charge < -0.3 is 10.5 Å². The maximum absolute atomic E-state index is 6.57. The van der Waals surface area contributed by atoms with Gasteiger partial charge in [0.1, 0.15) is 6.10 Å². The van der Waals surface area contributed by atoms with Crippen molar-refractivity contribution in [3.8, 4) is 0 Å². The Morgan fingerprint density at radius 1 is 1.12 bits per heavy atom. The van der Waals surface area contributed by atoms with E-state index < -0.39 is 5.54 Å². The van der Waals surface area contributed by atoms with Crippen LogP contribution in [-0.2, 0) is 18.2 Å². The molecule has 0 bridgehead atoms. The van der Waals surface area contributed by atoms with Crippen LogP contribution >= 0.6 is 0 Å². The van der Waals surface area contributed by atoms with Crippen LogP contribution in [0, 0.1) is 6.92 Å². The first-order chi connectivity index (χ1) is 12.4. The van der Waals surface area contributed by atoms with Gasteiger partial charge >= 0.3 is 0 Å². The number of aromatic nitrogens is 2. The van der Waals surface area contributed by atoms with Crippen molar-refractivity contribution < 1.29 is 4.74 Å². The van der Waals surface area contributed by atoms with Gasteiger partial charge in [0.2, 0.25) is 0 Å². The Balaban J connectivity index is 1.76. The Bertz CT molecular complexity index is 839. The highest BCUT2D eigenvalue weighted by Crippen LogP contribution is 2.27. The highest BCUT2D eigenvalue weighted by atomic mass is 16.5. The normalized spacial score (nSPS) is 14.8. The average Bonchev–Trinajstić information content (AvgIpc) is 3.01. The van der Waals surface area contributed by atoms with Gasteiger partial charge in [-0.25, -0.2) is 0 Å². The van der Waals surface area contributed by atoms with Crippen LogP contribution in [0.5, 0.6) is 0 Å². The molecule has 0 saturated carbocycles. The minimum atomic E-state index is -0.459. The molecule has 2 aromatic carbocycles. The number of nitrogens with zero attached hydrogens (tertiary/aromatic N) is 2. The number of hydrogen-bond acceptors (Lipinski definition) is 3. The zero-order chi connectivity index (χ0) is 18.6. The predicted octanol–water partition coefficient (Wildman–Crippen LogP) is 3.79. The summed E-state index contributed by atoms with van der Waals surface area (Å²) < 4.78 is 8.19. The standard InChI is InChI=1S/C22H27N3O/c1-17-8-7-9-18(14-17)15-22(2,23)16-26-21(19-10-5-4-6-11-19)20-12-13-24-25(20)3/h4-14,21H,15-16,23H2,1-3H3. The van der Waals surface area contributed by atoms with Crippen molar-refractivity contribution in [2.24, 2.45) is 12.8 Å². The Hall–Kier alpha value is -2.43. The van der Waals surface area contributed by atoms with Crippen molar-refractivity contribution in [2.75, 3.05) is 6.61 Å². The quantitative estimate of drug-likeness (QED) is 0.706. The van der Waals surface area contributed by atoms with E-state index in [0.29, 0.717) is 6.61 Å². The van der Waals surface area contributed by atoms with Gasteiger partial charge in [-0.2, -0.15) is 5.10 Å². The van der Waals surface area contributed by atoms with Gasteiger partial charge in [0.15, 0.2) is 0 Å². The first-order valence-electron chi connectivity index (χ1n) is 8.93. The Morgan fingerprint density at radius 3 is 2.54 bits per heavy atom. The van der Waals surface area contributed by atoms with Crippen molar-refractivity contribution in [1.29, 1.82) is 0 Å². The minimum absolute atomic E-state index is 0.191. The molecule has 2 N–H and O–H groups in total. The molecule has 0 aliphatic heterocycles. The Morgan fingerprint density at radius 2 is 1.88 bits per heavy atom. The minimum Gasteiger partial charge on any atom is -0.365 e. The van der Waals surface area contributed by atoms with E-state index in [2.05, 4.69) is 48.4 Å². The highest BCUT2D eigenvalue weighted by molar-refractivity contribution is 5.26. The highest BCUT2D eigenvalue weighted by Gasteiger charge is 2.25.